The lowest BCUT2D eigenvalue weighted by Crippen LogP contribution is -2.29. The van der Waals surface area contributed by atoms with Gasteiger partial charge in [0.2, 0.25) is 23.6 Å². The highest BCUT2D eigenvalue weighted by Crippen LogP contribution is 2.43. The van der Waals surface area contributed by atoms with Crippen molar-refractivity contribution >= 4 is 157 Å². The van der Waals surface area contributed by atoms with Gasteiger partial charge in [0.05, 0.1) is 114 Å². The zero-order valence-corrected chi connectivity index (χ0v) is 82.9. The van der Waals surface area contributed by atoms with Crippen LogP contribution < -0.4 is 40.9 Å². The van der Waals surface area contributed by atoms with Gasteiger partial charge >= 0.3 is 0 Å². The molecule has 16 heterocycles. The number of hydrogen-bond donors (Lipinski definition) is 12. The highest BCUT2D eigenvalue weighted by atomic mass is 16.2. The van der Waals surface area contributed by atoms with Crippen LogP contribution in [-0.2, 0) is 19.2 Å². The van der Waals surface area contributed by atoms with Gasteiger partial charge in [-0.05, 0) is 266 Å². The number of nitrogens with one attached hydrogen (secondary N) is 12. The number of piperidine rings is 4. The molecular weight excluding hydrogens is 1850 g/mol. The number of unbranched alkanes of at least 4 members (excludes halogenated alkanes) is 1. The first kappa shape index (κ1) is 93.5. The molecule has 0 bridgehead atoms. The molecule has 7 fully saturated rings. The maximum absolute atomic E-state index is 12.6. The number of aromatic nitrogens is 20. The van der Waals surface area contributed by atoms with E-state index in [1.165, 1.54) is 99.8 Å². The second kappa shape index (κ2) is 41.7. The Kier molecular flexibility index (Phi) is 26.4. The normalized spacial score (nSPS) is 15.7. The van der Waals surface area contributed by atoms with Gasteiger partial charge in [-0.1, -0.05) is 81.1 Å². The molecule has 12 aromatic heterocycles. The molecule has 8 aromatic carbocycles. The zero-order valence-electron chi connectivity index (χ0n) is 82.9. The quantitative estimate of drug-likeness (QED) is 0.0300. The smallest absolute Gasteiger partial charge is 0.227 e. The Hall–Kier alpha value is -16.8. The molecule has 12 N–H and O–H groups in total. The van der Waals surface area contributed by atoms with Crippen LogP contribution in [0.3, 0.4) is 0 Å². The third-order valence-corrected chi connectivity index (χ3v) is 30.2. The molecule has 4 saturated heterocycles. The summed E-state index contributed by atoms with van der Waals surface area (Å²) in [6.07, 6.45) is 40.7. The number of anilines is 8. The first-order valence-electron chi connectivity index (χ1n) is 52.8. The summed E-state index contributed by atoms with van der Waals surface area (Å²) < 4.78 is 0. The van der Waals surface area contributed by atoms with Gasteiger partial charge in [0.15, 0.2) is 23.3 Å². The minimum atomic E-state index is 0.0159. The molecule has 4 aliphatic heterocycles. The number of rotatable bonds is 22. The molecule has 20 aromatic rings. The molecule has 148 heavy (non-hydrogen) atoms. The molecule has 3 aliphatic carbocycles. The van der Waals surface area contributed by atoms with Crippen LogP contribution in [0.15, 0.2) is 219 Å². The lowest BCUT2D eigenvalue weighted by molar-refractivity contribution is -0.122. The van der Waals surface area contributed by atoms with Crippen LogP contribution in [0.2, 0.25) is 0 Å². The van der Waals surface area contributed by atoms with Crippen LogP contribution in [0.4, 0.5) is 45.5 Å². The summed E-state index contributed by atoms with van der Waals surface area (Å²) in [6, 6.07) is 58.0. The van der Waals surface area contributed by atoms with Crippen molar-refractivity contribution in [2.45, 2.75) is 161 Å². The zero-order chi connectivity index (χ0) is 99.5. The van der Waals surface area contributed by atoms with Crippen LogP contribution in [-0.4, -0.2) is 177 Å². The van der Waals surface area contributed by atoms with Crippen molar-refractivity contribution in [1.29, 1.82) is 0 Å². The standard InChI is InChI=1S/C30H31N7O.C29H29N7O.C29H31N7O.C28H27N7O/c38-30(19-7-2-3-8-19)32-22-15-21(17-31-18-22)20-11-12-24-23(16-20)27(36-35-24)29-33-25-9-6-10-26(28(25)34-29)37-13-4-1-5-14-37;37-29(18-6-4-7-18)31-21-14-20(16-30-17-21)19-10-11-23-22(15-19)26(35-34-23)28-32-24-8-5-9-25(27(24)33-28)36-12-2-1-3-13-36;1-2-3-10-26(37)31-21-15-20(17-30-18-21)19-11-12-23-22(16-19)27(35-34-23)29-32-24-8-7-9-25(28(24)33-29)36-13-5-4-6-14-36;36-28(17-7-8-17)30-20-13-19(15-29-16-20)18-9-10-22-21(14-18)25(34-33-22)27-31-23-5-4-6-24(26(23)32-27)35-11-2-1-3-12-35/h6,9-12,15-19H,1-5,7-8,13-14H2,(H,32,38)(H,33,34)(H,35,36);5,8-11,14-18H,1-4,6-7,12-13H2,(H,31,37)(H,32,33)(H,34,35);7-9,11-12,15-18H,2-6,10,13-14H2,1H3,(H,31,37)(H,32,33)(H,34,35);4-6,9-10,13-17H,1-3,7-8,11-12H2,(H,30,36)(H,31,32)(H,33,34). The highest BCUT2D eigenvalue weighted by molar-refractivity contribution is 6.05. The number of imidazole rings is 4. The van der Waals surface area contributed by atoms with Crippen LogP contribution in [0.1, 0.15) is 161 Å². The lowest BCUT2D eigenvalue weighted by Gasteiger charge is -2.28. The second-order valence-electron chi connectivity index (χ2n) is 40.4. The Balaban J connectivity index is 0.000000105. The summed E-state index contributed by atoms with van der Waals surface area (Å²) in [4.78, 5) is 111. The first-order chi connectivity index (χ1) is 72.9. The summed E-state index contributed by atoms with van der Waals surface area (Å²) in [5, 5.41) is 47.1. The van der Waals surface area contributed by atoms with Crippen molar-refractivity contribution in [1.82, 2.24) is 101 Å². The molecule has 7 aliphatic rings. The molecule has 3 saturated carbocycles. The van der Waals surface area contributed by atoms with Gasteiger partial charge in [0, 0.05) is 145 Å². The van der Waals surface area contributed by atoms with Crippen molar-refractivity contribution in [3.63, 3.8) is 0 Å². The fourth-order valence-corrected chi connectivity index (χ4v) is 21.7. The highest BCUT2D eigenvalue weighted by Gasteiger charge is 2.32. The van der Waals surface area contributed by atoms with Gasteiger partial charge in [-0.15, -0.1) is 0 Å². The van der Waals surface area contributed by atoms with Crippen molar-refractivity contribution in [2.24, 2.45) is 17.8 Å². The van der Waals surface area contributed by atoms with Gasteiger partial charge < -0.3 is 60.8 Å². The molecule has 0 spiro atoms. The Morgan fingerprint density at radius 2 is 0.554 bits per heavy atom. The number of pyridine rings is 4. The van der Waals surface area contributed by atoms with E-state index in [1.807, 2.05) is 91.5 Å². The first-order valence-corrected chi connectivity index (χ1v) is 52.8. The molecule has 746 valence electrons. The van der Waals surface area contributed by atoms with E-state index in [0.717, 1.165) is 318 Å². The number of para-hydroxylation sites is 4. The molecule has 32 heteroatoms. The topological polar surface area (TPSA) is 410 Å². The summed E-state index contributed by atoms with van der Waals surface area (Å²) >= 11 is 0. The van der Waals surface area contributed by atoms with E-state index in [1.54, 1.807) is 24.8 Å². The molecule has 0 atom stereocenters. The maximum Gasteiger partial charge on any atom is 0.227 e. The third kappa shape index (κ3) is 19.8. The van der Waals surface area contributed by atoms with E-state index in [2.05, 4.69) is 232 Å². The van der Waals surface area contributed by atoms with Crippen molar-refractivity contribution in [2.75, 3.05) is 93.2 Å². The van der Waals surface area contributed by atoms with Crippen molar-refractivity contribution in [3.8, 4) is 90.6 Å². The Labute approximate surface area is 853 Å². The van der Waals surface area contributed by atoms with E-state index in [9.17, 15) is 19.2 Å². The number of hydrogen-bond acceptors (Lipinski definition) is 20. The number of nitrogens with zero attached hydrogens (tertiary/aromatic N) is 16. The van der Waals surface area contributed by atoms with E-state index in [4.69, 9.17) is 19.9 Å². The van der Waals surface area contributed by atoms with E-state index < -0.39 is 0 Å². The largest absolute Gasteiger partial charge is 0.370 e. The average molecular weight is 1970 g/mol. The fourth-order valence-electron chi connectivity index (χ4n) is 21.7. The van der Waals surface area contributed by atoms with Gasteiger partial charge in [0.1, 0.15) is 44.8 Å². The number of fused-ring (bicyclic) bond motifs is 8. The van der Waals surface area contributed by atoms with Gasteiger partial charge in [0.25, 0.3) is 0 Å². The van der Waals surface area contributed by atoms with Gasteiger partial charge in [-0.2, -0.15) is 20.4 Å². The molecular formula is C116H118N28O4. The van der Waals surface area contributed by atoms with E-state index in [-0.39, 0.29) is 41.4 Å². The number of H-pyrrole nitrogens is 8. The number of amides is 4. The van der Waals surface area contributed by atoms with Gasteiger partial charge in [-0.3, -0.25) is 59.5 Å². The SMILES string of the molecule is CCCCC(=O)Nc1cncc(-c2ccc3[nH]nc(-c4nc5c(N6CCCCC6)cccc5[nH]4)c3c2)c1.O=C(Nc1cncc(-c2ccc3[nH]nc(-c4nc5c(N6CCCCC6)cccc5[nH]4)c3c2)c1)C1CC1.O=C(Nc1cncc(-c2ccc3[nH]nc(-c4nc5c(N6CCCCC6)cccc5[nH]4)c3c2)c1)C1CCC1.O=C(Nc1cncc(-c2ccc3[nH]nc(-c4nc5c(N6CCCCC6)cccc5[nH]4)c3c2)c1)C1CCCC1. The Bertz CT molecular complexity index is 8300. The van der Waals surface area contributed by atoms with E-state index in [0.29, 0.717) is 12.1 Å². The molecule has 32 nitrogen and oxygen atoms in total. The van der Waals surface area contributed by atoms with Crippen LogP contribution in [0.5, 0.6) is 0 Å². The summed E-state index contributed by atoms with van der Waals surface area (Å²) in [6.45, 7) is 10.7. The average Bonchev–Trinajstić information content (AvgIpc) is 1.62. The number of aromatic amines is 8. The maximum atomic E-state index is 12.6. The van der Waals surface area contributed by atoms with Crippen molar-refractivity contribution in [3.05, 3.63) is 219 Å². The third-order valence-electron chi connectivity index (χ3n) is 30.2. The monoisotopic (exact) mass is 1970 g/mol. The number of benzene rings is 8. The minimum Gasteiger partial charge on any atom is -0.370 e. The molecule has 0 radical (unpaired) electrons. The number of carbonyl (C=O) groups is 4. The van der Waals surface area contributed by atoms with Crippen LogP contribution >= 0.6 is 0 Å². The predicted octanol–water partition coefficient (Wildman–Crippen LogP) is 24.0. The molecule has 0 unspecified atom stereocenters. The fraction of sp³-hybridized carbons (Fsp3) is 0.310. The van der Waals surface area contributed by atoms with Crippen molar-refractivity contribution < 1.29 is 19.2 Å². The van der Waals surface area contributed by atoms with Crippen LogP contribution in [0, 0.1) is 17.8 Å². The minimum absolute atomic E-state index is 0.0159. The molecule has 4 amide bonds. The lowest BCUT2D eigenvalue weighted by atomic mass is 9.85. The Morgan fingerprint density at radius 1 is 0.284 bits per heavy atom. The van der Waals surface area contributed by atoms with Crippen LogP contribution in [0.25, 0.3) is 178 Å². The summed E-state index contributed by atoms with van der Waals surface area (Å²) in [7, 11) is 0. The van der Waals surface area contributed by atoms with Gasteiger partial charge in [-0.25, -0.2) is 19.9 Å². The Morgan fingerprint density at radius 3 is 0.818 bits per heavy atom. The molecule has 27 rings (SSSR count). The predicted molar refractivity (Wildman–Crippen MR) is 588 cm³/mol. The number of carbonyl (C=O) groups excluding carboxylic acids is 4. The second-order valence-corrected chi connectivity index (χ2v) is 40.4. The summed E-state index contributed by atoms with van der Waals surface area (Å²) in [5.74, 6) is 3.69. The summed E-state index contributed by atoms with van der Waals surface area (Å²) in [5.41, 5.74) is 30.4. The van der Waals surface area contributed by atoms with E-state index >= 15 is 0 Å².